The minimum absolute atomic E-state index is 0.00103. The molecular formula is C11H18N2O4S. The summed E-state index contributed by atoms with van der Waals surface area (Å²) in [6, 6.07) is 0. The molecular weight excluding hydrogens is 256 g/mol. The molecule has 0 radical (unpaired) electrons. The SMILES string of the molecule is CC[C@@](C)(CC(=O)O)NC(=O)CN1CSCC1=O. The molecule has 1 atom stereocenters. The standard InChI is InChI=1S/C11H18N2O4S/c1-3-11(2,4-10(16)17)12-8(14)5-13-7-18-6-9(13)15/h3-7H2,1-2H3,(H,12,14)(H,16,17)/t11-/m0/s1. The van der Waals surface area contributed by atoms with E-state index in [2.05, 4.69) is 5.32 Å². The zero-order valence-corrected chi connectivity index (χ0v) is 11.4. The Morgan fingerprint density at radius 1 is 1.56 bits per heavy atom. The van der Waals surface area contributed by atoms with E-state index in [0.717, 1.165) is 0 Å². The summed E-state index contributed by atoms with van der Waals surface area (Å²) < 4.78 is 0. The minimum Gasteiger partial charge on any atom is -0.481 e. The van der Waals surface area contributed by atoms with Gasteiger partial charge in [0.15, 0.2) is 0 Å². The van der Waals surface area contributed by atoms with Crippen LogP contribution in [0.2, 0.25) is 0 Å². The first-order chi connectivity index (χ1) is 8.36. The van der Waals surface area contributed by atoms with Crippen molar-refractivity contribution in [2.24, 2.45) is 0 Å². The van der Waals surface area contributed by atoms with Crippen molar-refractivity contribution in [3.8, 4) is 0 Å². The fourth-order valence-electron chi connectivity index (χ4n) is 1.68. The van der Waals surface area contributed by atoms with Crippen molar-refractivity contribution in [1.82, 2.24) is 10.2 Å². The van der Waals surface area contributed by atoms with Crippen molar-refractivity contribution >= 4 is 29.5 Å². The summed E-state index contributed by atoms with van der Waals surface area (Å²) in [5.41, 5.74) is -0.765. The van der Waals surface area contributed by atoms with Crippen LogP contribution in [0.25, 0.3) is 0 Å². The number of nitrogens with one attached hydrogen (secondary N) is 1. The lowest BCUT2D eigenvalue weighted by Crippen LogP contribution is -2.50. The van der Waals surface area contributed by atoms with E-state index in [0.29, 0.717) is 18.1 Å². The fourth-order valence-corrected chi connectivity index (χ4v) is 2.59. The van der Waals surface area contributed by atoms with Gasteiger partial charge in [-0.15, -0.1) is 11.8 Å². The van der Waals surface area contributed by atoms with Gasteiger partial charge in [0.05, 0.1) is 18.1 Å². The van der Waals surface area contributed by atoms with E-state index < -0.39 is 11.5 Å². The van der Waals surface area contributed by atoms with Crippen molar-refractivity contribution in [2.45, 2.75) is 32.2 Å². The first-order valence-corrected chi connectivity index (χ1v) is 6.90. The molecule has 0 aromatic rings. The molecule has 0 aromatic heterocycles. The summed E-state index contributed by atoms with van der Waals surface area (Å²) in [4.78, 5) is 35.3. The maximum absolute atomic E-state index is 11.8. The number of nitrogens with zero attached hydrogens (tertiary/aromatic N) is 1. The minimum atomic E-state index is -0.951. The molecule has 1 fully saturated rings. The zero-order chi connectivity index (χ0) is 13.8. The summed E-state index contributed by atoms with van der Waals surface area (Å²) in [7, 11) is 0. The molecule has 1 aliphatic heterocycles. The van der Waals surface area contributed by atoms with Crippen molar-refractivity contribution in [2.75, 3.05) is 18.2 Å². The molecule has 1 aliphatic rings. The number of carbonyl (C=O) groups excluding carboxylic acids is 2. The number of aliphatic carboxylic acids is 1. The first kappa shape index (κ1) is 14.8. The maximum atomic E-state index is 11.8. The summed E-state index contributed by atoms with van der Waals surface area (Å²) in [5, 5.41) is 11.5. The number of thioether (sulfide) groups is 1. The van der Waals surface area contributed by atoms with E-state index >= 15 is 0 Å². The predicted octanol–water partition coefficient (Wildman–Crippen LogP) is 0.279. The quantitative estimate of drug-likeness (QED) is 0.726. The number of hydrogen-bond acceptors (Lipinski definition) is 4. The Morgan fingerprint density at radius 3 is 2.67 bits per heavy atom. The summed E-state index contributed by atoms with van der Waals surface area (Å²) >= 11 is 1.47. The normalized spacial score (nSPS) is 18.6. The second-order valence-corrected chi connectivity index (χ2v) is 5.56. The molecule has 6 nitrogen and oxygen atoms in total. The lowest BCUT2D eigenvalue weighted by Gasteiger charge is -2.28. The predicted molar refractivity (Wildman–Crippen MR) is 68.1 cm³/mol. The van der Waals surface area contributed by atoms with Gasteiger partial charge in [0.1, 0.15) is 6.54 Å². The first-order valence-electron chi connectivity index (χ1n) is 5.74. The second kappa shape index (κ2) is 6.08. The van der Waals surface area contributed by atoms with E-state index in [1.807, 2.05) is 6.92 Å². The number of carboxylic acids is 1. The van der Waals surface area contributed by atoms with Gasteiger partial charge in [-0.2, -0.15) is 0 Å². The molecule has 0 spiro atoms. The van der Waals surface area contributed by atoms with Crippen LogP contribution in [0, 0.1) is 0 Å². The van der Waals surface area contributed by atoms with Crippen LogP contribution < -0.4 is 5.32 Å². The molecule has 1 saturated heterocycles. The van der Waals surface area contributed by atoms with E-state index in [4.69, 9.17) is 5.11 Å². The third-order valence-electron chi connectivity index (χ3n) is 2.92. The Hall–Kier alpha value is -1.24. The lowest BCUT2D eigenvalue weighted by molar-refractivity contribution is -0.139. The Labute approximate surface area is 110 Å². The van der Waals surface area contributed by atoms with Crippen LogP contribution in [0.3, 0.4) is 0 Å². The van der Waals surface area contributed by atoms with Gasteiger partial charge < -0.3 is 15.3 Å². The largest absolute Gasteiger partial charge is 0.481 e. The van der Waals surface area contributed by atoms with Gasteiger partial charge >= 0.3 is 5.97 Å². The van der Waals surface area contributed by atoms with E-state index in [1.54, 1.807) is 6.92 Å². The molecule has 102 valence electrons. The monoisotopic (exact) mass is 274 g/mol. The van der Waals surface area contributed by atoms with Gasteiger partial charge in [-0.25, -0.2) is 0 Å². The van der Waals surface area contributed by atoms with Crippen molar-refractivity contribution in [3.63, 3.8) is 0 Å². The summed E-state index contributed by atoms with van der Waals surface area (Å²) in [6.07, 6.45) is 0.395. The Balaban J connectivity index is 2.51. The fraction of sp³-hybridized carbons (Fsp3) is 0.727. The molecule has 0 unspecified atom stereocenters. The highest BCUT2D eigenvalue weighted by atomic mass is 32.2. The molecule has 0 saturated carbocycles. The van der Waals surface area contributed by atoms with Gasteiger partial charge in [-0.3, -0.25) is 14.4 Å². The smallest absolute Gasteiger partial charge is 0.305 e. The third-order valence-corrected chi connectivity index (χ3v) is 3.87. The third kappa shape index (κ3) is 4.21. The van der Waals surface area contributed by atoms with Gasteiger partial charge in [0.2, 0.25) is 11.8 Å². The maximum Gasteiger partial charge on any atom is 0.305 e. The van der Waals surface area contributed by atoms with Crippen LogP contribution in [-0.2, 0) is 14.4 Å². The summed E-state index contributed by atoms with van der Waals surface area (Å²) in [5.74, 6) is -0.378. The molecule has 0 aliphatic carbocycles. The molecule has 2 N–H and O–H groups in total. The zero-order valence-electron chi connectivity index (χ0n) is 10.6. The lowest BCUT2D eigenvalue weighted by atomic mass is 9.94. The van der Waals surface area contributed by atoms with Gasteiger partial charge in [-0.1, -0.05) is 6.92 Å². The molecule has 0 aromatic carbocycles. The highest BCUT2D eigenvalue weighted by molar-refractivity contribution is 8.00. The molecule has 1 rings (SSSR count). The van der Waals surface area contributed by atoms with Crippen LogP contribution in [-0.4, -0.2) is 51.5 Å². The molecule has 0 bridgehead atoms. The average Bonchev–Trinajstić information content (AvgIpc) is 2.63. The van der Waals surface area contributed by atoms with Crippen LogP contribution in [0.1, 0.15) is 26.7 Å². The van der Waals surface area contributed by atoms with Gasteiger partial charge in [-0.05, 0) is 13.3 Å². The summed E-state index contributed by atoms with van der Waals surface area (Å²) in [6.45, 7) is 3.51. The van der Waals surface area contributed by atoms with E-state index in [1.165, 1.54) is 16.7 Å². The Bertz CT molecular complexity index is 361. The highest BCUT2D eigenvalue weighted by Crippen LogP contribution is 2.16. The highest BCUT2D eigenvalue weighted by Gasteiger charge is 2.29. The van der Waals surface area contributed by atoms with Crippen LogP contribution >= 0.6 is 11.8 Å². The van der Waals surface area contributed by atoms with E-state index in [-0.39, 0.29) is 24.8 Å². The molecule has 1 heterocycles. The number of carbonyl (C=O) groups is 3. The van der Waals surface area contributed by atoms with Crippen LogP contribution in [0.4, 0.5) is 0 Å². The van der Waals surface area contributed by atoms with Crippen molar-refractivity contribution in [3.05, 3.63) is 0 Å². The molecule has 7 heteroatoms. The van der Waals surface area contributed by atoms with Crippen LogP contribution in [0.5, 0.6) is 0 Å². The van der Waals surface area contributed by atoms with Gasteiger partial charge in [0.25, 0.3) is 0 Å². The number of hydrogen-bond donors (Lipinski definition) is 2. The number of rotatable bonds is 6. The average molecular weight is 274 g/mol. The van der Waals surface area contributed by atoms with Crippen molar-refractivity contribution < 1.29 is 19.5 Å². The molecule has 18 heavy (non-hydrogen) atoms. The Kier molecular flexibility index (Phi) is 5.01. The number of carboxylic acid groups (broad SMARTS) is 1. The Morgan fingerprint density at radius 2 is 2.22 bits per heavy atom. The van der Waals surface area contributed by atoms with Crippen molar-refractivity contribution in [1.29, 1.82) is 0 Å². The second-order valence-electron chi connectivity index (χ2n) is 4.60. The number of amides is 2. The van der Waals surface area contributed by atoms with Crippen LogP contribution in [0.15, 0.2) is 0 Å². The molecule has 2 amide bonds. The topological polar surface area (TPSA) is 86.7 Å². The van der Waals surface area contributed by atoms with Gasteiger partial charge in [0, 0.05) is 5.54 Å². The van der Waals surface area contributed by atoms with E-state index in [9.17, 15) is 14.4 Å².